The molecule has 0 rings (SSSR count). The number of halogens is 1. The van der Waals surface area contributed by atoms with Crippen molar-refractivity contribution in [2.75, 3.05) is 19.9 Å². The van der Waals surface area contributed by atoms with E-state index in [2.05, 4.69) is 11.3 Å². The van der Waals surface area contributed by atoms with E-state index >= 15 is 0 Å². The summed E-state index contributed by atoms with van der Waals surface area (Å²) in [6.07, 6.45) is 1.59. The van der Waals surface area contributed by atoms with Crippen molar-refractivity contribution in [3.8, 4) is 0 Å². The molecule has 0 unspecified atom stereocenters. The van der Waals surface area contributed by atoms with Gasteiger partial charge in [-0.25, -0.2) is 4.39 Å². The molecule has 0 aliphatic carbocycles. The molecule has 7 heavy (non-hydrogen) atoms. The van der Waals surface area contributed by atoms with E-state index in [1.54, 1.807) is 6.08 Å². The smallest absolute Gasteiger partial charge is 0.113 e. The van der Waals surface area contributed by atoms with Crippen LogP contribution in [0.3, 0.4) is 0 Å². The van der Waals surface area contributed by atoms with Crippen LogP contribution in [0.2, 0.25) is 0 Å². The van der Waals surface area contributed by atoms with E-state index in [9.17, 15) is 4.39 Å². The van der Waals surface area contributed by atoms with Crippen molar-refractivity contribution >= 4 is 0 Å². The molecule has 0 aliphatic rings. The van der Waals surface area contributed by atoms with Crippen LogP contribution in [0.5, 0.6) is 0 Å². The molecule has 0 aromatic heterocycles. The minimum atomic E-state index is -0.409. The van der Waals surface area contributed by atoms with Crippen LogP contribution in [0, 0.1) is 0 Å². The van der Waals surface area contributed by atoms with Gasteiger partial charge in [-0.1, -0.05) is 6.08 Å². The average molecular weight is 104 g/mol. The van der Waals surface area contributed by atoms with Gasteiger partial charge in [0.25, 0.3) is 0 Å². The molecule has 0 atom stereocenters. The molecule has 0 N–H and O–H groups in total. The third-order valence-corrected chi connectivity index (χ3v) is 0.457. The molecule has 1 nitrogen and oxygen atoms in total. The Hall–Kier alpha value is -0.370. The summed E-state index contributed by atoms with van der Waals surface area (Å²) in [4.78, 5) is 0. The summed E-state index contributed by atoms with van der Waals surface area (Å²) in [5, 5.41) is 0. The average Bonchev–Trinajstić information content (AvgIpc) is 1.69. The number of hydrogen-bond donors (Lipinski definition) is 0. The third kappa shape index (κ3) is 5.63. The van der Waals surface area contributed by atoms with Gasteiger partial charge in [0.15, 0.2) is 0 Å². The molecule has 0 bridgehead atoms. The second-order valence-electron chi connectivity index (χ2n) is 1.05. The maximum atomic E-state index is 11.2. The highest BCUT2D eigenvalue weighted by molar-refractivity contribution is 4.63. The van der Waals surface area contributed by atoms with Gasteiger partial charge in [-0.3, -0.25) is 0 Å². The van der Waals surface area contributed by atoms with Gasteiger partial charge in [0.2, 0.25) is 0 Å². The highest BCUT2D eigenvalue weighted by Gasteiger charge is 1.77. The Morgan fingerprint density at radius 2 is 2.43 bits per heavy atom. The SMILES string of the molecule is C=CCOCCF. The van der Waals surface area contributed by atoms with E-state index in [0.717, 1.165) is 0 Å². The van der Waals surface area contributed by atoms with Crippen LogP contribution in [0.4, 0.5) is 4.39 Å². The molecule has 0 amide bonds. The van der Waals surface area contributed by atoms with Crippen LogP contribution < -0.4 is 0 Å². The zero-order valence-corrected chi connectivity index (χ0v) is 4.19. The molecular weight excluding hydrogens is 95.1 g/mol. The van der Waals surface area contributed by atoms with Gasteiger partial charge in [-0.15, -0.1) is 6.58 Å². The summed E-state index contributed by atoms with van der Waals surface area (Å²) in [6.45, 7) is 3.61. The topological polar surface area (TPSA) is 9.23 Å². The first-order valence-electron chi connectivity index (χ1n) is 2.16. The largest absolute Gasteiger partial charge is 0.375 e. The number of alkyl halides is 1. The van der Waals surface area contributed by atoms with Crippen LogP contribution in [0.15, 0.2) is 12.7 Å². The Kier molecular flexibility index (Phi) is 5.33. The second-order valence-corrected chi connectivity index (χ2v) is 1.05. The van der Waals surface area contributed by atoms with Gasteiger partial charge in [0, 0.05) is 0 Å². The van der Waals surface area contributed by atoms with Crippen molar-refractivity contribution in [3.05, 3.63) is 12.7 Å². The van der Waals surface area contributed by atoms with Crippen molar-refractivity contribution in [1.82, 2.24) is 0 Å². The van der Waals surface area contributed by atoms with Crippen molar-refractivity contribution < 1.29 is 9.13 Å². The quantitative estimate of drug-likeness (QED) is 0.384. The minimum absolute atomic E-state index is 0.187. The van der Waals surface area contributed by atoms with E-state index in [-0.39, 0.29) is 6.61 Å². The lowest BCUT2D eigenvalue weighted by atomic mass is 10.7. The van der Waals surface area contributed by atoms with Gasteiger partial charge in [-0.05, 0) is 0 Å². The lowest BCUT2D eigenvalue weighted by Crippen LogP contribution is -1.94. The van der Waals surface area contributed by atoms with Crippen LogP contribution in [0.25, 0.3) is 0 Å². The minimum Gasteiger partial charge on any atom is -0.375 e. The van der Waals surface area contributed by atoms with E-state index in [0.29, 0.717) is 6.61 Å². The molecule has 0 spiro atoms. The zero-order valence-electron chi connectivity index (χ0n) is 4.19. The highest BCUT2D eigenvalue weighted by Crippen LogP contribution is 1.74. The Balaban J connectivity index is 2.56. The van der Waals surface area contributed by atoms with Crippen molar-refractivity contribution in [2.45, 2.75) is 0 Å². The predicted molar refractivity (Wildman–Crippen MR) is 27.0 cm³/mol. The number of rotatable bonds is 4. The van der Waals surface area contributed by atoms with E-state index in [1.165, 1.54) is 0 Å². The zero-order chi connectivity index (χ0) is 5.54. The summed E-state index contributed by atoms with van der Waals surface area (Å²) in [6, 6.07) is 0. The maximum absolute atomic E-state index is 11.2. The van der Waals surface area contributed by atoms with E-state index < -0.39 is 6.67 Å². The molecule has 0 saturated carbocycles. The van der Waals surface area contributed by atoms with Crippen molar-refractivity contribution in [1.29, 1.82) is 0 Å². The maximum Gasteiger partial charge on any atom is 0.113 e. The standard InChI is InChI=1S/C5H9FO/c1-2-4-7-5-3-6/h2H,1,3-5H2. The summed E-state index contributed by atoms with van der Waals surface area (Å²) in [5.74, 6) is 0. The van der Waals surface area contributed by atoms with Crippen LogP contribution >= 0.6 is 0 Å². The van der Waals surface area contributed by atoms with Gasteiger partial charge in [0.1, 0.15) is 6.67 Å². The van der Waals surface area contributed by atoms with Crippen molar-refractivity contribution in [2.24, 2.45) is 0 Å². The first kappa shape index (κ1) is 6.63. The van der Waals surface area contributed by atoms with E-state index in [4.69, 9.17) is 0 Å². The predicted octanol–water partition coefficient (Wildman–Crippen LogP) is 1.16. The normalized spacial score (nSPS) is 8.71. The fourth-order valence-corrected chi connectivity index (χ4v) is 0.221. The van der Waals surface area contributed by atoms with Crippen LogP contribution in [-0.4, -0.2) is 19.9 Å². The van der Waals surface area contributed by atoms with E-state index in [1.807, 2.05) is 0 Å². The molecule has 0 heterocycles. The van der Waals surface area contributed by atoms with Gasteiger partial charge >= 0.3 is 0 Å². The van der Waals surface area contributed by atoms with Gasteiger partial charge in [0.05, 0.1) is 13.2 Å². The van der Waals surface area contributed by atoms with Crippen LogP contribution in [-0.2, 0) is 4.74 Å². The fraction of sp³-hybridized carbons (Fsp3) is 0.600. The fourth-order valence-electron chi connectivity index (χ4n) is 0.221. The molecule has 0 aromatic carbocycles. The van der Waals surface area contributed by atoms with Crippen molar-refractivity contribution in [3.63, 3.8) is 0 Å². The summed E-state index contributed by atoms with van der Waals surface area (Å²) in [5.41, 5.74) is 0. The van der Waals surface area contributed by atoms with Gasteiger partial charge < -0.3 is 4.74 Å². The Morgan fingerprint density at radius 3 is 2.86 bits per heavy atom. The monoisotopic (exact) mass is 104 g/mol. The highest BCUT2D eigenvalue weighted by atomic mass is 19.1. The Bertz CT molecular complexity index is 45.3. The molecule has 42 valence electrons. The molecular formula is C5H9FO. The lowest BCUT2D eigenvalue weighted by molar-refractivity contribution is 0.144. The number of ether oxygens (including phenoxy) is 1. The summed E-state index contributed by atoms with van der Waals surface area (Å²) < 4.78 is 15.8. The first-order valence-corrected chi connectivity index (χ1v) is 2.16. The Labute approximate surface area is 42.8 Å². The third-order valence-electron chi connectivity index (χ3n) is 0.457. The Morgan fingerprint density at radius 1 is 1.71 bits per heavy atom. The summed E-state index contributed by atoms with van der Waals surface area (Å²) >= 11 is 0. The molecule has 2 heteroatoms. The second kappa shape index (κ2) is 5.63. The summed E-state index contributed by atoms with van der Waals surface area (Å²) in [7, 11) is 0. The first-order chi connectivity index (χ1) is 3.41. The molecule has 0 aliphatic heterocycles. The number of hydrogen-bond acceptors (Lipinski definition) is 1. The van der Waals surface area contributed by atoms with Crippen LogP contribution in [0.1, 0.15) is 0 Å². The molecule has 0 saturated heterocycles. The van der Waals surface area contributed by atoms with Gasteiger partial charge in [-0.2, -0.15) is 0 Å². The molecule has 0 radical (unpaired) electrons. The molecule has 0 aromatic rings. The molecule has 0 fully saturated rings. The lowest BCUT2D eigenvalue weighted by Gasteiger charge is -1.91.